The summed E-state index contributed by atoms with van der Waals surface area (Å²) in [7, 11) is 0. The van der Waals surface area contributed by atoms with Crippen molar-refractivity contribution in [3.8, 4) is 0 Å². The third-order valence-electron chi connectivity index (χ3n) is 1.71. The maximum absolute atomic E-state index is 5.65. The number of thiol groups is 1. The van der Waals surface area contributed by atoms with E-state index in [0.29, 0.717) is 14.9 Å². The zero-order valence-corrected chi connectivity index (χ0v) is 16.1. The Kier molecular flexibility index (Phi) is 13.1. The van der Waals surface area contributed by atoms with E-state index in [0.717, 1.165) is 0 Å². The van der Waals surface area contributed by atoms with Gasteiger partial charge in [-0.1, -0.05) is 29.3 Å². The fraction of sp³-hybridized carbons (Fsp3) is 0.0909. The monoisotopic (exact) mass is 493 g/mol. The van der Waals surface area contributed by atoms with E-state index < -0.39 is 0 Å². The summed E-state index contributed by atoms with van der Waals surface area (Å²) in [6.07, 6.45) is 7.75. The summed E-state index contributed by atoms with van der Waals surface area (Å²) in [6, 6.07) is 5.27. The molecule has 0 aromatic heterocycles. The van der Waals surface area contributed by atoms with Crippen LogP contribution in [0.15, 0.2) is 44.7 Å². The molecule has 0 unspecified atom stereocenters. The molecule has 0 N–H and O–H groups in total. The van der Waals surface area contributed by atoms with Gasteiger partial charge in [0.2, 0.25) is 0 Å². The molecule has 0 radical (unpaired) electrons. The Morgan fingerprint density at radius 3 is 1.88 bits per heavy atom. The molecule has 0 spiro atoms. The van der Waals surface area contributed by atoms with Gasteiger partial charge in [-0.25, -0.2) is 0 Å². The van der Waals surface area contributed by atoms with Crippen LogP contribution in [0.1, 0.15) is 6.42 Å². The molecule has 0 fully saturated rings. The van der Waals surface area contributed by atoms with E-state index in [1.54, 1.807) is 21.5 Å². The van der Waals surface area contributed by atoms with Gasteiger partial charge in [-0.15, -0.1) is 12.6 Å². The Morgan fingerprint density at radius 2 is 1.65 bits per heavy atom. The molecular formula is C11H9Cl4HfS. The number of benzene rings is 1. The van der Waals surface area contributed by atoms with Crippen LogP contribution in [0.4, 0.5) is 0 Å². The van der Waals surface area contributed by atoms with Crippen molar-refractivity contribution in [1.82, 2.24) is 0 Å². The molecule has 2 rings (SSSR count). The van der Waals surface area contributed by atoms with Crippen LogP contribution in [0.5, 0.6) is 0 Å². The Hall–Kier alpha value is 1.08. The number of rotatable bonds is 0. The minimum absolute atomic E-state index is 0. The summed E-state index contributed by atoms with van der Waals surface area (Å²) in [6.45, 7) is 0. The van der Waals surface area contributed by atoms with Gasteiger partial charge in [0, 0.05) is 4.90 Å². The van der Waals surface area contributed by atoms with Crippen molar-refractivity contribution in [3.63, 3.8) is 0 Å². The van der Waals surface area contributed by atoms with Crippen LogP contribution in [-0.2, 0) is 24.4 Å². The van der Waals surface area contributed by atoms with Crippen LogP contribution < -0.4 is 24.8 Å². The predicted octanol–water partition coefficient (Wildman–Crippen LogP) is -1.33. The molecule has 1 aliphatic rings. The van der Waals surface area contributed by atoms with Gasteiger partial charge in [0.15, 0.2) is 0 Å². The summed E-state index contributed by atoms with van der Waals surface area (Å²) in [4.78, 5) is 0.640. The first-order valence-electron chi connectivity index (χ1n) is 4.31. The molecular weight excluding hydrogens is 484 g/mol. The fourth-order valence-electron chi connectivity index (χ4n) is 0.936. The molecule has 6 heteroatoms. The van der Waals surface area contributed by atoms with Crippen LogP contribution in [0.2, 0.25) is 10.0 Å². The Balaban J connectivity index is 0. The van der Waals surface area contributed by atoms with Crippen LogP contribution in [0.25, 0.3) is 0 Å². The SMILES string of the molecule is Sc1c(Cl)cccc1Cl.[Cl-].[Cl-].[Hf+2][C]1=CC=CC1. The summed E-state index contributed by atoms with van der Waals surface area (Å²) in [5.74, 6) is 0. The first-order valence-corrected chi connectivity index (χ1v) is 7.31. The van der Waals surface area contributed by atoms with Crippen LogP contribution >= 0.6 is 35.8 Å². The number of hydrogen-bond donors (Lipinski definition) is 1. The zero-order valence-electron chi connectivity index (χ0n) is 8.63. The Morgan fingerprint density at radius 1 is 1.12 bits per heavy atom. The van der Waals surface area contributed by atoms with Gasteiger partial charge in [0.1, 0.15) is 0 Å². The zero-order chi connectivity index (χ0) is 11.3. The van der Waals surface area contributed by atoms with E-state index in [9.17, 15) is 0 Å². The molecule has 0 bridgehead atoms. The summed E-state index contributed by atoms with van der Waals surface area (Å²) in [5.41, 5.74) is 0. The van der Waals surface area contributed by atoms with Crippen LogP contribution in [-0.4, -0.2) is 0 Å². The van der Waals surface area contributed by atoms with E-state index in [2.05, 4.69) is 30.9 Å². The second-order valence-electron chi connectivity index (χ2n) is 2.89. The van der Waals surface area contributed by atoms with Gasteiger partial charge in [-0.3, -0.25) is 0 Å². The molecule has 0 saturated heterocycles. The molecule has 17 heavy (non-hydrogen) atoms. The van der Waals surface area contributed by atoms with E-state index in [4.69, 9.17) is 23.2 Å². The predicted molar refractivity (Wildman–Crippen MR) is 65.6 cm³/mol. The van der Waals surface area contributed by atoms with Crippen molar-refractivity contribution >= 4 is 35.8 Å². The fourth-order valence-corrected chi connectivity index (χ4v) is 2.25. The topological polar surface area (TPSA) is 0 Å². The first-order chi connectivity index (χ1) is 7.11. The molecule has 1 aromatic carbocycles. The van der Waals surface area contributed by atoms with Gasteiger partial charge in [-0.05, 0) is 12.1 Å². The van der Waals surface area contributed by atoms with Gasteiger partial charge in [0.25, 0.3) is 0 Å². The van der Waals surface area contributed by atoms with Crippen molar-refractivity contribution in [1.29, 1.82) is 0 Å². The third kappa shape index (κ3) is 7.97. The summed E-state index contributed by atoms with van der Waals surface area (Å²) in [5, 5.41) is 1.18. The average molecular weight is 494 g/mol. The van der Waals surface area contributed by atoms with E-state index >= 15 is 0 Å². The normalized spacial score (nSPS) is 11.7. The van der Waals surface area contributed by atoms with Crippen molar-refractivity contribution in [3.05, 3.63) is 49.8 Å². The van der Waals surface area contributed by atoms with Crippen molar-refractivity contribution in [2.24, 2.45) is 0 Å². The molecule has 0 atom stereocenters. The molecule has 0 aliphatic heterocycles. The van der Waals surface area contributed by atoms with Gasteiger partial charge >= 0.3 is 52.4 Å². The average Bonchev–Trinajstić information content (AvgIpc) is 2.66. The number of halogens is 4. The van der Waals surface area contributed by atoms with Crippen LogP contribution in [0, 0.1) is 0 Å². The van der Waals surface area contributed by atoms with E-state index in [-0.39, 0.29) is 24.8 Å². The molecule has 0 nitrogen and oxygen atoms in total. The van der Waals surface area contributed by atoms with Crippen molar-refractivity contribution < 1.29 is 49.2 Å². The molecule has 0 saturated carbocycles. The van der Waals surface area contributed by atoms with Crippen molar-refractivity contribution in [2.75, 3.05) is 0 Å². The first kappa shape index (κ1) is 20.4. The standard InChI is InChI=1S/C6H4Cl2S.C5H5.2ClH.Hf/c7-4-2-1-3-5(8)6(4)9;1-2-4-5-3-1;;;/h1-3,9H;1-3H,4H2;2*1H;/q;;;;+2/p-2. The van der Waals surface area contributed by atoms with Gasteiger partial charge < -0.3 is 24.8 Å². The second kappa shape index (κ2) is 11.0. The van der Waals surface area contributed by atoms with Crippen molar-refractivity contribution in [2.45, 2.75) is 11.3 Å². The number of hydrogen-bond acceptors (Lipinski definition) is 1. The van der Waals surface area contributed by atoms with E-state index in [1.807, 2.05) is 0 Å². The summed E-state index contributed by atoms with van der Waals surface area (Å²) >= 11 is 16.6. The Labute approximate surface area is 145 Å². The van der Waals surface area contributed by atoms with Gasteiger partial charge in [0.05, 0.1) is 10.0 Å². The molecule has 1 aliphatic carbocycles. The summed E-state index contributed by atoms with van der Waals surface area (Å²) < 4.78 is 1.61. The molecule has 0 heterocycles. The van der Waals surface area contributed by atoms with E-state index in [1.165, 1.54) is 30.8 Å². The molecule has 1 aromatic rings. The number of allylic oxidation sites excluding steroid dienone is 4. The van der Waals surface area contributed by atoms with Crippen LogP contribution in [0.3, 0.4) is 0 Å². The van der Waals surface area contributed by atoms with Gasteiger partial charge in [-0.2, -0.15) is 0 Å². The minimum atomic E-state index is 0. The second-order valence-corrected chi connectivity index (χ2v) is 6.46. The Bertz CT molecular complexity index is 384. The maximum atomic E-state index is 5.65. The molecule has 91 valence electrons. The third-order valence-corrected chi connectivity index (χ3v) is 4.42. The molecule has 0 amide bonds. The quantitative estimate of drug-likeness (QED) is 0.336.